The number of nitrogens with zero attached hydrogens (tertiary/aromatic N) is 2. The molecule has 0 spiro atoms. The molecular weight excluding hydrogens is 204 g/mol. The Balaban J connectivity index is 2.59. The first-order valence-electron chi connectivity index (χ1n) is 4.03. The number of hydrogen-bond acceptors (Lipinski definition) is 5. The van der Waals surface area contributed by atoms with Crippen molar-refractivity contribution < 1.29 is 19.4 Å². The fourth-order valence-electron chi connectivity index (χ4n) is 0.883. The van der Waals surface area contributed by atoms with Crippen molar-refractivity contribution in [2.75, 3.05) is 13.7 Å². The van der Waals surface area contributed by atoms with Gasteiger partial charge in [0.15, 0.2) is 6.04 Å². The van der Waals surface area contributed by atoms with E-state index in [1.807, 2.05) is 0 Å². The van der Waals surface area contributed by atoms with Crippen molar-refractivity contribution in [3.05, 3.63) is 12.2 Å². The van der Waals surface area contributed by atoms with Gasteiger partial charge in [-0.1, -0.05) is 0 Å². The van der Waals surface area contributed by atoms with Gasteiger partial charge in [-0.2, -0.15) is 5.10 Å². The molecule has 8 heteroatoms. The largest absolute Gasteiger partial charge is 0.480 e. The molecule has 0 fully saturated rings. The van der Waals surface area contributed by atoms with Gasteiger partial charge in [-0.25, -0.2) is 9.78 Å². The molecular formula is C7H10N4O4. The topological polar surface area (TPSA) is 117 Å². The summed E-state index contributed by atoms with van der Waals surface area (Å²) in [7, 11) is 1.34. The molecule has 1 aromatic rings. The SMILES string of the molecule is COCC(NC(=O)c1ncn[nH]1)C(=O)O. The van der Waals surface area contributed by atoms with E-state index in [0.717, 1.165) is 6.33 Å². The first kappa shape index (κ1) is 11.1. The zero-order valence-electron chi connectivity index (χ0n) is 7.93. The Morgan fingerprint density at radius 3 is 2.93 bits per heavy atom. The third-order valence-electron chi connectivity index (χ3n) is 1.57. The number of amides is 1. The highest BCUT2D eigenvalue weighted by molar-refractivity contribution is 5.93. The molecule has 1 atom stereocenters. The van der Waals surface area contributed by atoms with Crippen LogP contribution in [-0.2, 0) is 9.53 Å². The highest BCUT2D eigenvalue weighted by Gasteiger charge is 2.21. The third-order valence-corrected chi connectivity index (χ3v) is 1.57. The number of aromatic nitrogens is 3. The van der Waals surface area contributed by atoms with Crippen LogP contribution in [0, 0.1) is 0 Å². The standard InChI is InChI=1S/C7H10N4O4/c1-15-2-4(7(13)14)10-6(12)5-8-3-9-11-5/h3-4H,2H2,1H3,(H,10,12)(H,13,14)(H,8,9,11). The van der Waals surface area contributed by atoms with E-state index >= 15 is 0 Å². The summed E-state index contributed by atoms with van der Waals surface area (Å²) in [5, 5.41) is 16.7. The number of nitrogens with one attached hydrogen (secondary N) is 2. The minimum Gasteiger partial charge on any atom is -0.480 e. The Morgan fingerprint density at radius 2 is 2.47 bits per heavy atom. The lowest BCUT2D eigenvalue weighted by molar-refractivity contribution is -0.140. The number of methoxy groups -OCH3 is 1. The highest BCUT2D eigenvalue weighted by atomic mass is 16.5. The van der Waals surface area contributed by atoms with Gasteiger partial charge in [-0.15, -0.1) is 0 Å². The van der Waals surface area contributed by atoms with E-state index in [4.69, 9.17) is 5.11 Å². The average molecular weight is 214 g/mol. The van der Waals surface area contributed by atoms with Crippen molar-refractivity contribution in [3.8, 4) is 0 Å². The van der Waals surface area contributed by atoms with E-state index in [9.17, 15) is 9.59 Å². The van der Waals surface area contributed by atoms with Gasteiger partial charge in [0.1, 0.15) is 6.33 Å². The number of H-pyrrole nitrogens is 1. The van der Waals surface area contributed by atoms with Crippen molar-refractivity contribution in [1.29, 1.82) is 0 Å². The van der Waals surface area contributed by atoms with Crippen molar-refractivity contribution in [1.82, 2.24) is 20.5 Å². The Bertz CT molecular complexity index is 337. The van der Waals surface area contributed by atoms with Gasteiger partial charge in [0.2, 0.25) is 5.82 Å². The number of hydrogen-bond donors (Lipinski definition) is 3. The molecule has 1 aromatic heterocycles. The molecule has 1 heterocycles. The second kappa shape index (κ2) is 5.05. The summed E-state index contributed by atoms with van der Waals surface area (Å²) >= 11 is 0. The highest BCUT2D eigenvalue weighted by Crippen LogP contribution is 1.90. The second-order valence-corrected chi connectivity index (χ2v) is 2.65. The fraction of sp³-hybridized carbons (Fsp3) is 0.429. The summed E-state index contributed by atoms with van der Waals surface area (Å²) in [6.07, 6.45) is 1.15. The number of carboxylic acid groups (broad SMARTS) is 1. The lowest BCUT2D eigenvalue weighted by atomic mass is 10.3. The van der Waals surface area contributed by atoms with E-state index in [-0.39, 0.29) is 12.4 Å². The molecule has 82 valence electrons. The number of carbonyl (C=O) groups excluding carboxylic acids is 1. The van der Waals surface area contributed by atoms with E-state index in [0.29, 0.717) is 0 Å². The minimum atomic E-state index is -1.18. The Morgan fingerprint density at radius 1 is 1.73 bits per heavy atom. The fourth-order valence-corrected chi connectivity index (χ4v) is 0.883. The van der Waals surface area contributed by atoms with Crippen LogP contribution in [0.25, 0.3) is 0 Å². The van der Waals surface area contributed by atoms with Gasteiger partial charge in [0, 0.05) is 7.11 Å². The third kappa shape index (κ3) is 3.02. The number of ether oxygens (including phenoxy) is 1. The van der Waals surface area contributed by atoms with E-state index in [1.54, 1.807) is 0 Å². The predicted octanol–water partition coefficient (Wildman–Crippen LogP) is -1.37. The molecule has 0 saturated heterocycles. The van der Waals surface area contributed by atoms with Crippen LogP contribution < -0.4 is 5.32 Å². The Kier molecular flexibility index (Phi) is 3.75. The maximum absolute atomic E-state index is 11.3. The predicted molar refractivity (Wildman–Crippen MR) is 47.1 cm³/mol. The van der Waals surface area contributed by atoms with Crippen LogP contribution in [0.5, 0.6) is 0 Å². The molecule has 8 nitrogen and oxygen atoms in total. The van der Waals surface area contributed by atoms with E-state index < -0.39 is 17.9 Å². The normalized spacial score (nSPS) is 12.1. The number of aliphatic carboxylic acids is 1. The maximum atomic E-state index is 11.3. The minimum absolute atomic E-state index is 0.0441. The number of carboxylic acids is 1. The molecule has 0 aromatic carbocycles. The molecule has 3 N–H and O–H groups in total. The molecule has 0 aliphatic carbocycles. The molecule has 1 amide bonds. The van der Waals surface area contributed by atoms with Crippen molar-refractivity contribution in [2.24, 2.45) is 0 Å². The number of carbonyl (C=O) groups is 2. The maximum Gasteiger partial charge on any atom is 0.328 e. The molecule has 1 rings (SSSR count). The van der Waals surface area contributed by atoms with Gasteiger partial charge in [0.25, 0.3) is 5.91 Å². The van der Waals surface area contributed by atoms with Gasteiger partial charge in [0.05, 0.1) is 6.61 Å². The van der Waals surface area contributed by atoms with Gasteiger partial charge >= 0.3 is 5.97 Å². The summed E-state index contributed by atoms with van der Waals surface area (Å²) in [4.78, 5) is 25.6. The molecule has 0 saturated carbocycles. The molecule has 0 aliphatic rings. The zero-order chi connectivity index (χ0) is 11.3. The van der Waals surface area contributed by atoms with Crippen LogP contribution in [0.15, 0.2) is 6.33 Å². The lowest BCUT2D eigenvalue weighted by Crippen LogP contribution is -2.44. The molecule has 15 heavy (non-hydrogen) atoms. The molecule has 0 bridgehead atoms. The van der Waals surface area contributed by atoms with Gasteiger partial charge in [-0.3, -0.25) is 9.89 Å². The molecule has 0 aliphatic heterocycles. The number of aromatic amines is 1. The molecule has 1 unspecified atom stereocenters. The van der Waals surface area contributed by atoms with Gasteiger partial charge < -0.3 is 15.2 Å². The summed E-state index contributed by atoms with van der Waals surface area (Å²) in [6, 6.07) is -1.10. The summed E-state index contributed by atoms with van der Waals surface area (Å²) in [5.41, 5.74) is 0. The van der Waals surface area contributed by atoms with Crippen LogP contribution >= 0.6 is 0 Å². The Labute approximate surface area is 84.7 Å². The van der Waals surface area contributed by atoms with Crippen LogP contribution in [0.4, 0.5) is 0 Å². The average Bonchev–Trinajstić information content (AvgIpc) is 2.69. The quantitative estimate of drug-likeness (QED) is 0.557. The molecule has 0 radical (unpaired) electrons. The smallest absolute Gasteiger partial charge is 0.328 e. The monoisotopic (exact) mass is 214 g/mol. The zero-order valence-corrected chi connectivity index (χ0v) is 7.93. The summed E-state index contributed by atoms with van der Waals surface area (Å²) in [6.45, 7) is -0.116. The Hall–Kier alpha value is -1.96. The lowest BCUT2D eigenvalue weighted by Gasteiger charge is -2.11. The van der Waals surface area contributed by atoms with E-state index in [1.165, 1.54) is 7.11 Å². The van der Waals surface area contributed by atoms with Crippen molar-refractivity contribution in [3.63, 3.8) is 0 Å². The summed E-state index contributed by atoms with van der Waals surface area (Å²) < 4.78 is 4.64. The first-order chi connectivity index (χ1) is 7.15. The van der Waals surface area contributed by atoms with Crippen LogP contribution in [0.1, 0.15) is 10.6 Å². The first-order valence-corrected chi connectivity index (χ1v) is 4.03. The summed E-state index contributed by atoms with van der Waals surface area (Å²) in [5.74, 6) is -1.86. The van der Waals surface area contributed by atoms with Crippen LogP contribution in [0.3, 0.4) is 0 Å². The van der Waals surface area contributed by atoms with Crippen LogP contribution in [-0.4, -0.2) is 51.9 Å². The van der Waals surface area contributed by atoms with Crippen molar-refractivity contribution in [2.45, 2.75) is 6.04 Å². The van der Waals surface area contributed by atoms with E-state index in [2.05, 4.69) is 25.2 Å². The van der Waals surface area contributed by atoms with Gasteiger partial charge in [-0.05, 0) is 0 Å². The number of rotatable bonds is 5. The second-order valence-electron chi connectivity index (χ2n) is 2.65. The van der Waals surface area contributed by atoms with Crippen molar-refractivity contribution >= 4 is 11.9 Å². The van der Waals surface area contributed by atoms with Crippen LogP contribution in [0.2, 0.25) is 0 Å².